The van der Waals surface area contributed by atoms with Crippen LogP contribution in [-0.2, 0) is 18.4 Å². The molecule has 0 aromatic heterocycles. The number of phosphoric ester groups is 1. The van der Waals surface area contributed by atoms with E-state index in [1.165, 1.54) is 89.5 Å². The Hall–Kier alpha value is -1.22. The van der Waals surface area contributed by atoms with Gasteiger partial charge < -0.3 is 46.0 Å². The van der Waals surface area contributed by atoms with Crippen molar-refractivity contribution in [2.24, 2.45) is 0 Å². The van der Waals surface area contributed by atoms with Gasteiger partial charge in [0.15, 0.2) is 0 Å². The van der Waals surface area contributed by atoms with Crippen LogP contribution < -0.4 is 5.32 Å². The summed E-state index contributed by atoms with van der Waals surface area (Å²) >= 11 is 0. The Morgan fingerprint density at radius 2 is 1.09 bits per heavy atom. The average Bonchev–Trinajstić information content (AvgIpc) is 3.14. The van der Waals surface area contributed by atoms with Gasteiger partial charge in [0.2, 0.25) is 5.91 Å². The fourth-order valence-electron chi connectivity index (χ4n) is 6.55. The van der Waals surface area contributed by atoms with Crippen LogP contribution in [0.4, 0.5) is 0 Å². The Morgan fingerprint density at radius 1 is 0.648 bits per heavy atom. The van der Waals surface area contributed by atoms with Crippen molar-refractivity contribution in [1.29, 1.82) is 0 Å². The van der Waals surface area contributed by atoms with E-state index < -0.39 is 75.2 Å². The summed E-state index contributed by atoms with van der Waals surface area (Å²) in [5.74, 6) is -0.605. The summed E-state index contributed by atoms with van der Waals surface area (Å²) in [6.07, 6.45) is 17.2. The normalized spacial score (nSPS) is 24.9. The number of unbranched alkanes of at least 4 members (excludes halogenated alkanes) is 18. The molecule has 0 bridgehead atoms. The third-order valence-corrected chi connectivity index (χ3v) is 11.0. The number of rotatable bonds is 33. The van der Waals surface area contributed by atoms with Crippen molar-refractivity contribution >= 4 is 13.7 Å². The maximum atomic E-state index is 12.9. The van der Waals surface area contributed by atoms with Crippen LogP contribution >= 0.6 is 7.82 Å². The first kappa shape index (κ1) is 50.8. The lowest BCUT2D eigenvalue weighted by Crippen LogP contribution is -2.64. The van der Waals surface area contributed by atoms with Gasteiger partial charge in [-0.15, -0.1) is 0 Å². The Bertz CT molecular complexity index is 1030. The van der Waals surface area contributed by atoms with E-state index in [0.717, 1.165) is 44.9 Å². The highest BCUT2D eigenvalue weighted by molar-refractivity contribution is 7.47. The SMILES string of the molecule is CCCCCCCCCC/C=C/CC/C=C/C(O)C(COP(=O)(O)OC1C(O)C(O)C(O)C(O)C1O)NC(=O)CC(O)CCCCCCCCCCCC. The van der Waals surface area contributed by atoms with Gasteiger partial charge in [-0.1, -0.05) is 147 Å². The van der Waals surface area contributed by atoms with Gasteiger partial charge in [0.05, 0.1) is 31.3 Å². The molecule has 54 heavy (non-hydrogen) atoms. The molecule has 0 aromatic rings. The lowest BCUT2D eigenvalue weighted by atomic mass is 9.85. The summed E-state index contributed by atoms with van der Waals surface area (Å²) in [7, 11) is -5.14. The molecule has 13 nitrogen and oxygen atoms in total. The summed E-state index contributed by atoms with van der Waals surface area (Å²) in [5.41, 5.74) is 0. The molecule has 9 N–H and O–H groups in total. The number of carbonyl (C=O) groups is 1. The second-order valence-corrected chi connectivity index (χ2v) is 16.4. The Morgan fingerprint density at radius 3 is 1.63 bits per heavy atom. The molecule has 0 aromatic carbocycles. The molecular weight excluding hydrogens is 717 g/mol. The van der Waals surface area contributed by atoms with Gasteiger partial charge in [0, 0.05) is 0 Å². The molecule has 8 atom stereocenters. The van der Waals surface area contributed by atoms with Gasteiger partial charge in [-0.25, -0.2) is 4.57 Å². The van der Waals surface area contributed by atoms with Crippen molar-refractivity contribution < 1.29 is 59.0 Å². The van der Waals surface area contributed by atoms with Crippen LogP contribution in [0.3, 0.4) is 0 Å². The smallest absolute Gasteiger partial charge is 0.393 e. The van der Waals surface area contributed by atoms with E-state index in [1.54, 1.807) is 6.08 Å². The number of hydrogen-bond donors (Lipinski definition) is 9. The number of allylic oxidation sites excluding steroid dienone is 3. The van der Waals surface area contributed by atoms with Crippen LogP contribution in [0.5, 0.6) is 0 Å². The number of aliphatic hydroxyl groups is 7. The highest BCUT2D eigenvalue weighted by Gasteiger charge is 2.51. The lowest BCUT2D eigenvalue weighted by Gasteiger charge is -2.41. The van der Waals surface area contributed by atoms with Gasteiger partial charge in [0.25, 0.3) is 0 Å². The molecule has 1 fully saturated rings. The molecule has 1 amide bonds. The van der Waals surface area contributed by atoms with E-state index >= 15 is 0 Å². The Kier molecular flexibility index (Phi) is 29.0. The number of amides is 1. The Balaban J connectivity index is 2.66. The van der Waals surface area contributed by atoms with Gasteiger partial charge in [-0.3, -0.25) is 13.8 Å². The number of hydrogen-bond acceptors (Lipinski definition) is 11. The van der Waals surface area contributed by atoms with Gasteiger partial charge in [0.1, 0.15) is 36.6 Å². The highest BCUT2D eigenvalue weighted by atomic mass is 31.2. The third-order valence-electron chi connectivity index (χ3n) is 10.0. The molecule has 0 saturated heterocycles. The van der Waals surface area contributed by atoms with E-state index in [-0.39, 0.29) is 6.42 Å². The molecule has 0 aliphatic heterocycles. The standard InChI is InChI=1S/C40H76NO12P/c1-3-5-7-9-11-13-15-16-17-18-20-22-24-26-28-33(43)32(30-52-54(50,51)53-40-38(48)36(46)35(45)37(47)39(40)49)41-34(44)29-31(42)27-25-23-21-19-14-12-10-8-6-4-2/h18,20,26,28,31-33,35-40,42-43,45-49H,3-17,19,21-25,27,29-30H2,1-2H3,(H,41,44)(H,50,51)/b20-18+,28-26+. The van der Waals surface area contributed by atoms with Crippen LogP contribution in [0.25, 0.3) is 0 Å². The molecule has 1 aliphatic carbocycles. The molecule has 0 heterocycles. The van der Waals surface area contributed by atoms with Crippen LogP contribution in [0, 0.1) is 0 Å². The molecule has 1 rings (SSSR count). The average molecular weight is 794 g/mol. The maximum Gasteiger partial charge on any atom is 0.472 e. The minimum Gasteiger partial charge on any atom is -0.393 e. The van der Waals surface area contributed by atoms with E-state index in [2.05, 4.69) is 31.3 Å². The topological polar surface area (TPSA) is 226 Å². The number of aliphatic hydroxyl groups excluding tert-OH is 7. The number of carbonyl (C=O) groups excluding carboxylic acids is 1. The molecular formula is C40H76NO12P. The predicted molar refractivity (Wildman–Crippen MR) is 210 cm³/mol. The lowest BCUT2D eigenvalue weighted by molar-refractivity contribution is -0.220. The van der Waals surface area contributed by atoms with Crippen LogP contribution in [-0.4, -0.2) is 108 Å². The van der Waals surface area contributed by atoms with E-state index in [4.69, 9.17) is 9.05 Å². The van der Waals surface area contributed by atoms with Crippen molar-refractivity contribution in [3.8, 4) is 0 Å². The molecule has 8 unspecified atom stereocenters. The molecule has 1 aliphatic rings. The minimum atomic E-state index is -5.14. The van der Waals surface area contributed by atoms with E-state index in [1.807, 2.05) is 0 Å². The fourth-order valence-corrected chi connectivity index (χ4v) is 7.52. The monoisotopic (exact) mass is 794 g/mol. The largest absolute Gasteiger partial charge is 0.472 e. The molecule has 0 spiro atoms. The summed E-state index contributed by atoms with van der Waals surface area (Å²) in [6, 6.07) is -1.25. The van der Waals surface area contributed by atoms with Crippen molar-refractivity contribution in [3.05, 3.63) is 24.3 Å². The number of nitrogens with one attached hydrogen (secondary N) is 1. The summed E-state index contributed by atoms with van der Waals surface area (Å²) in [5, 5.41) is 74.1. The summed E-state index contributed by atoms with van der Waals surface area (Å²) in [6.45, 7) is 3.67. The number of phosphoric acid groups is 1. The highest BCUT2D eigenvalue weighted by Crippen LogP contribution is 2.47. The quantitative estimate of drug-likeness (QED) is 0.0224. The zero-order valence-electron chi connectivity index (χ0n) is 33.1. The van der Waals surface area contributed by atoms with Crippen LogP contribution in [0.2, 0.25) is 0 Å². The van der Waals surface area contributed by atoms with Crippen LogP contribution in [0.1, 0.15) is 162 Å². The van der Waals surface area contributed by atoms with Gasteiger partial charge >= 0.3 is 7.82 Å². The van der Waals surface area contributed by atoms with Crippen molar-refractivity contribution in [2.75, 3.05) is 6.61 Å². The first-order valence-electron chi connectivity index (χ1n) is 20.9. The zero-order chi connectivity index (χ0) is 40.2. The summed E-state index contributed by atoms with van der Waals surface area (Å²) < 4.78 is 22.7. The van der Waals surface area contributed by atoms with Crippen molar-refractivity contribution in [1.82, 2.24) is 5.32 Å². The molecule has 318 valence electrons. The molecule has 1 saturated carbocycles. The zero-order valence-corrected chi connectivity index (χ0v) is 34.0. The minimum absolute atomic E-state index is 0.250. The first-order valence-corrected chi connectivity index (χ1v) is 22.4. The van der Waals surface area contributed by atoms with E-state index in [9.17, 15) is 50.0 Å². The van der Waals surface area contributed by atoms with Crippen molar-refractivity contribution in [3.63, 3.8) is 0 Å². The molecule has 0 radical (unpaired) electrons. The van der Waals surface area contributed by atoms with Gasteiger partial charge in [-0.2, -0.15) is 0 Å². The van der Waals surface area contributed by atoms with Gasteiger partial charge in [-0.05, 0) is 32.1 Å². The molecule has 14 heteroatoms. The van der Waals surface area contributed by atoms with Crippen molar-refractivity contribution in [2.45, 2.75) is 216 Å². The second kappa shape index (κ2) is 30.9. The maximum absolute atomic E-state index is 12.9. The van der Waals surface area contributed by atoms with E-state index in [0.29, 0.717) is 12.8 Å². The van der Waals surface area contributed by atoms with Crippen LogP contribution in [0.15, 0.2) is 24.3 Å². The third kappa shape index (κ3) is 23.1. The Labute approximate surface area is 324 Å². The fraction of sp³-hybridized carbons (Fsp3) is 0.875. The predicted octanol–water partition coefficient (Wildman–Crippen LogP) is 5.64. The first-order chi connectivity index (χ1) is 25.8. The summed E-state index contributed by atoms with van der Waals surface area (Å²) in [4.78, 5) is 23.3. The second-order valence-electron chi connectivity index (χ2n) is 15.0.